The predicted molar refractivity (Wildman–Crippen MR) is 93.7 cm³/mol. The number of nitrogens with one attached hydrogen (secondary N) is 1. The van der Waals surface area contributed by atoms with Gasteiger partial charge in [0, 0.05) is 25.2 Å². The first kappa shape index (κ1) is 17.4. The molecule has 0 radical (unpaired) electrons. The van der Waals surface area contributed by atoms with Crippen molar-refractivity contribution in [2.75, 3.05) is 18.6 Å². The normalized spacial score (nSPS) is 19.2. The molecule has 1 aromatic heterocycles. The number of amides is 1. The van der Waals surface area contributed by atoms with Crippen LogP contribution in [0.1, 0.15) is 23.7 Å². The number of sulfone groups is 1. The molecule has 1 atom stereocenters. The maximum Gasteiger partial charge on any atom is 0.316 e. The van der Waals surface area contributed by atoms with Crippen molar-refractivity contribution in [2.45, 2.75) is 25.9 Å². The van der Waals surface area contributed by atoms with E-state index in [1.54, 1.807) is 26.1 Å². The zero-order chi connectivity index (χ0) is 18.4. The molecule has 1 aliphatic heterocycles. The summed E-state index contributed by atoms with van der Waals surface area (Å²) in [6, 6.07) is 4.36. The van der Waals surface area contributed by atoms with Gasteiger partial charge in [0.2, 0.25) is 0 Å². The van der Waals surface area contributed by atoms with E-state index in [1.165, 1.54) is 15.5 Å². The van der Waals surface area contributed by atoms with Crippen molar-refractivity contribution in [1.29, 1.82) is 0 Å². The Bertz CT molecular complexity index is 1070. The number of nitrogens with zero attached hydrogens (tertiary/aromatic N) is 2. The minimum absolute atomic E-state index is 0.0327. The van der Waals surface area contributed by atoms with Crippen LogP contribution >= 0.6 is 0 Å². The van der Waals surface area contributed by atoms with Crippen molar-refractivity contribution in [2.24, 2.45) is 0 Å². The number of carbonyl (C=O) groups is 1. The molecule has 2 aromatic rings. The molecule has 1 aliphatic rings. The summed E-state index contributed by atoms with van der Waals surface area (Å²) in [6.45, 7) is 2.10. The number of hydrogen-bond donors (Lipinski definition) is 1. The van der Waals surface area contributed by atoms with Gasteiger partial charge in [-0.05, 0) is 31.5 Å². The van der Waals surface area contributed by atoms with Gasteiger partial charge in [-0.3, -0.25) is 14.4 Å². The predicted octanol–water partition coefficient (Wildman–Crippen LogP) is -0.0312. The number of hydrogen-bond acceptors (Lipinski definition) is 5. The van der Waals surface area contributed by atoms with Crippen molar-refractivity contribution in [3.63, 3.8) is 0 Å². The van der Waals surface area contributed by atoms with Crippen molar-refractivity contribution >= 4 is 26.8 Å². The molecular formula is C16H19N3O5S. The van der Waals surface area contributed by atoms with Gasteiger partial charge < -0.3 is 14.5 Å². The van der Waals surface area contributed by atoms with Crippen LogP contribution in [0.4, 0.5) is 0 Å². The van der Waals surface area contributed by atoms with E-state index in [1.807, 2.05) is 0 Å². The number of aromatic amines is 1. The summed E-state index contributed by atoms with van der Waals surface area (Å²) in [7, 11) is -1.51. The largest absolute Gasteiger partial charge is 0.338 e. The first-order valence-electron chi connectivity index (χ1n) is 7.98. The van der Waals surface area contributed by atoms with Crippen molar-refractivity contribution in [3.05, 3.63) is 44.5 Å². The van der Waals surface area contributed by atoms with Gasteiger partial charge in [0.25, 0.3) is 5.91 Å². The third-order valence-electron chi connectivity index (χ3n) is 4.61. The molecule has 1 amide bonds. The molecule has 0 spiro atoms. The summed E-state index contributed by atoms with van der Waals surface area (Å²) < 4.78 is 24.6. The minimum atomic E-state index is -3.09. The molecule has 0 unspecified atom stereocenters. The molecule has 1 saturated heterocycles. The highest BCUT2D eigenvalue weighted by atomic mass is 32.2. The highest BCUT2D eigenvalue weighted by molar-refractivity contribution is 7.91. The number of aromatic nitrogens is 2. The van der Waals surface area contributed by atoms with E-state index in [-0.39, 0.29) is 23.5 Å². The molecule has 1 aromatic carbocycles. The van der Waals surface area contributed by atoms with Crippen molar-refractivity contribution < 1.29 is 13.2 Å². The molecule has 0 bridgehead atoms. The quantitative estimate of drug-likeness (QED) is 0.768. The van der Waals surface area contributed by atoms with Crippen LogP contribution in [0.3, 0.4) is 0 Å². The van der Waals surface area contributed by atoms with E-state index in [2.05, 4.69) is 4.98 Å². The molecule has 1 fully saturated rings. The van der Waals surface area contributed by atoms with E-state index in [0.717, 1.165) is 0 Å². The fraction of sp³-hybridized carbons (Fsp3) is 0.438. The van der Waals surface area contributed by atoms with Gasteiger partial charge in [-0.15, -0.1) is 0 Å². The molecule has 0 saturated carbocycles. The molecule has 0 aliphatic carbocycles. The van der Waals surface area contributed by atoms with Gasteiger partial charge in [-0.2, -0.15) is 0 Å². The van der Waals surface area contributed by atoms with Crippen LogP contribution in [0.2, 0.25) is 0 Å². The zero-order valence-corrected chi connectivity index (χ0v) is 14.8. The van der Waals surface area contributed by atoms with Gasteiger partial charge in [0.05, 0.1) is 22.5 Å². The Balaban J connectivity index is 1.99. The Hall–Kier alpha value is -2.42. The van der Waals surface area contributed by atoms with Crippen LogP contribution in [0.15, 0.2) is 27.8 Å². The zero-order valence-electron chi connectivity index (χ0n) is 14.0. The van der Waals surface area contributed by atoms with Gasteiger partial charge in [0.1, 0.15) is 0 Å². The smallest absolute Gasteiger partial charge is 0.316 e. The number of carbonyl (C=O) groups excluding carboxylic acids is 1. The van der Waals surface area contributed by atoms with E-state index in [0.29, 0.717) is 29.6 Å². The lowest BCUT2D eigenvalue weighted by Crippen LogP contribution is -2.38. The van der Waals surface area contributed by atoms with Crippen LogP contribution in [-0.4, -0.2) is 53.4 Å². The van der Waals surface area contributed by atoms with Gasteiger partial charge >= 0.3 is 11.1 Å². The lowest BCUT2D eigenvalue weighted by Gasteiger charge is -2.23. The first-order chi connectivity index (χ1) is 11.7. The SMILES string of the molecule is CCn1c(=O)c(=O)[nH]c2cc(C(=O)N(C)[C@@H]3CCS(=O)(=O)C3)ccc21. The molecule has 134 valence electrons. The van der Waals surface area contributed by atoms with Gasteiger partial charge in [0.15, 0.2) is 9.84 Å². The van der Waals surface area contributed by atoms with Crippen LogP contribution in [0.25, 0.3) is 11.0 Å². The third kappa shape index (κ3) is 3.11. The Kier molecular flexibility index (Phi) is 4.28. The van der Waals surface area contributed by atoms with E-state index >= 15 is 0 Å². The average Bonchev–Trinajstić information content (AvgIpc) is 2.94. The molecule has 8 nitrogen and oxygen atoms in total. The first-order valence-corrected chi connectivity index (χ1v) is 9.80. The molecule has 3 rings (SSSR count). The molecular weight excluding hydrogens is 346 g/mol. The second kappa shape index (κ2) is 6.14. The number of benzene rings is 1. The standard InChI is InChI=1S/C16H19N3O5S/c1-3-19-13-5-4-10(8-12(13)17-14(20)16(19)22)15(21)18(2)11-6-7-25(23,24)9-11/h4-5,8,11H,3,6-7,9H2,1-2H3,(H,17,20)/t11-/m1/s1. The summed E-state index contributed by atoms with van der Waals surface area (Å²) in [5.41, 5.74) is -0.118. The van der Waals surface area contributed by atoms with Crippen molar-refractivity contribution in [3.8, 4) is 0 Å². The molecule has 25 heavy (non-hydrogen) atoms. The lowest BCUT2D eigenvalue weighted by molar-refractivity contribution is 0.0748. The Morgan fingerprint density at radius 2 is 2.08 bits per heavy atom. The maximum atomic E-state index is 12.7. The van der Waals surface area contributed by atoms with Crippen LogP contribution in [0.5, 0.6) is 0 Å². The van der Waals surface area contributed by atoms with Crippen LogP contribution in [0, 0.1) is 0 Å². The highest BCUT2D eigenvalue weighted by Crippen LogP contribution is 2.20. The van der Waals surface area contributed by atoms with E-state index in [4.69, 9.17) is 0 Å². The van der Waals surface area contributed by atoms with Crippen molar-refractivity contribution in [1.82, 2.24) is 14.5 Å². The monoisotopic (exact) mass is 365 g/mol. The number of rotatable bonds is 3. The number of H-pyrrole nitrogens is 1. The summed E-state index contributed by atoms with van der Waals surface area (Å²) in [4.78, 5) is 40.2. The molecule has 1 N–H and O–H groups in total. The van der Waals surface area contributed by atoms with Gasteiger partial charge in [-0.25, -0.2) is 8.42 Å². The summed E-state index contributed by atoms with van der Waals surface area (Å²) >= 11 is 0. The lowest BCUT2D eigenvalue weighted by atomic mass is 10.1. The number of fused-ring (bicyclic) bond motifs is 1. The molecule has 2 heterocycles. The second-order valence-corrected chi connectivity index (χ2v) is 8.44. The fourth-order valence-electron chi connectivity index (χ4n) is 3.18. The Morgan fingerprint density at radius 3 is 2.68 bits per heavy atom. The average molecular weight is 365 g/mol. The van der Waals surface area contributed by atoms with Gasteiger partial charge in [-0.1, -0.05) is 0 Å². The summed E-state index contributed by atoms with van der Waals surface area (Å²) in [5, 5.41) is 0. The van der Waals surface area contributed by atoms with Crippen LogP contribution in [-0.2, 0) is 16.4 Å². The topological polar surface area (TPSA) is 109 Å². The summed E-state index contributed by atoms with van der Waals surface area (Å²) in [5.74, 6) is -0.267. The van der Waals surface area contributed by atoms with E-state index < -0.39 is 21.0 Å². The second-order valence-electron chi connectivity index (χ2n) is 6.21. The fourth-order valence-corrected chi connectivity index (χ4v) is 4.95. The van der Waals surface area contributed by atoms with E-state index in [9.17, 15) is 22.8 Å². The minimum Gasteiger partial charge on any atom is -0.338 e. The molecule has 9 heteroatoms. The highest BCUT2D eigenvalue weighted by Gasteiger charge is 2.33. The maximum absolute atomic E-state index is 12.7. The third-order valence-corrected chi connectivity index (χ3v) is 6.36. The Morgan fingerprint density at radius 1 is 1.36 bits per heavy atom. The van der Waals surface area contributed by atoms with Crippen LogP contribution < -0.4 is 11.1 Å². The Labute approximate surface area is 144 Å². The summed E-state index contributed by atoms with van der Waals surface area (Å²) in [6.07, 6.45) is 0.421. The number of aryl methyl sites for hydroxylation is 1.